The molecule has 0 aliphatic carbocycles. The van der Waals surface area contributed by atoms with E-state index in [4.69, 9.17) is 16.7 Å². The lowest BCUT2D eigenvalue weighted by Gasteiger charge is -2.38. The number of carboxylic acids is 1. The molecular weight excluding hydrogens is 298 g/mol. The summed E-state index contributed by atoms with van der Waals surface area (Å²) in [5.41, 5.74) is 0.234. The molecule has 3 rings (SSSR count). The summed E-state index contributed by atoms with van der Waals surface area (Å²) in [4.78, 5) is 28.4. The van der Waals surface area contributed by atoms with Crippen LogP contribution in [-0.4, -0.2) is 55.0 Å². The maximum Gasteiger partial charge on any atom is 0.358 e. The molecule has 0 radical (unpaired) electrons. The van der Waals surface area contributed by atoms with Crippen molar-refractivity contribution in [1.29, 1.82) is 0 Å². The smallest absolute Gasteiger partial charge is 0.358 e. The number of hydrogen-bond donors (Lipinski definition) is 1. The van der Waals surface area contributed by atoms with Crippen molar-refractivity contribution in [3.8, 4) is 0 Å². The molecule has 2 aromatic heterocycles. The van der Waals surface area contributed by atoms with Crippen LogP contribution in [0, 0.1) is 0 Å². The molecule has 1 N–H and O–H groups in total. The summed E-state index contributed by atoms with van der Waals surface area (Å²) in [7, 11) is 0. The van der Waals surface area contributed by atoms with E-state index in [1.807, 2.05) is 0 Å². The fraction of sp³-hybridized carbons (Fsp3) is 0.250. The largest absolute Gasteiger partial charge is 0.476 e. The number of carbonyl (C=O) groups excluding carboxylic acids is 1. The van der Waals surface area contributed by atoms with Crippen LogP contribution in [-0.2, 0) is 0 Å². The molecule has 0 saturated carbocycles. The van der Waals surface area contributed by atoms with Crippen molar-refractivity contribution in [2.24, 2.45) is 0 Å². The topological polar surface area (TPSA) is 101 Å². The highest BCUT2D eigenvalue weighted by Gasteiger charge is 2.34. The molecule has 1 aliphatic heterocycles. The number of nitrogens with zero attached hydrogens (tertiary/aromatic N) is 5. The summed E-state index contributed by atoms with van der Waals surface area (Å²) in [5, 5.41) is 16.4. The maximum absolute atomic E-state index is 12.2. The Balaban J connectivity index is 1.66. The number of halogens is 1. The van der Waals surface area contributed by atoms with E-state index in [9.17, 15) is 9.59 Å². The van der Waals surface area contributed by atoms with E-state index in [1.165, 1.54) is 23.3 Å². The molecule has 3 heterocycles. The molecule has 8 nitrogen and oxygen atoms in total. The van der Waals surface area contributed by atoms with Crippen LogP contribution in [0.15, 0.2) is 24.7 Å². The van der Waals surface area contributed by atoms with E-state index in [0.717, 1.165) is 0 Å². The number of amides is 1. The van der Waals surface area contributed by atoms with Gasteiger partial charge >= 0.3 is 5.97 Å². The summed E-state index contributed by atoms with van der Waals surface area (Å²) >= 11 is 5.96. The predicted octanol–water partition coefficient (Wildman–Crippen LogP) is 0.722. The van der Waals surface area contributed by atoms with Crippen molar-refractivity contribution in [1.82, 2.24) is 24.9 Å². The minimum Gasteiger partial charge on any atom is -0.476 e. The maximum atomic E-state index is 12.2. The Labute approximate surface area is 124 Å². The van der Waals surface area contributed by atoms with Crippen LogP contribution in [0.3, 0.4) is 0 Å². The minimum atomic E-state index is -1.13. The van der Waals surface area contributed by atoms with Gasteiger partial charge in [0.2, 0.25) is 0 Å². The zero-order valence-corrected chi connectivity index (χ0v) is 11.4. The number of hydrogen-bond acceptors (Lipinski definition) is 5. The quantitative estimate of drug-likeness (QED) is 0.896. The molecule has 1 aliphatic rings. The number of pyridine rings is 1. The number of carbonyl (C=O) groups is 2. The van der Waals surface area contributed by atoms with Crippen LogP contribution in [0.2, 0.25) is 5.02 Å². The number of rotatable bonds is 3. The molecule has 9 heteroatoms. The van der Waals surface area contributed by atoms with Crippen molar-refractivity contribution >= 4 is 23.5 Å². The van der Waals surface area contributed by atoms with E-state index in [1.54, 1.807) is 11.0 Å². The molecule has 0 aromatic carbocycles. The van der Waals surface area contributed by atoms with Gasteiger partial charge in [-0.05, 0) is 6.07 Å². The Bertz CT molecular complexity index is 710. The average Bonchev–Trinajstić information content (AvgIpc) is 2.87. The standard InChI is InChI=1S/C12H10ClN5O3/c13-9-1-2-14-3-8(9)11(19)17-4-7(5-17)18-6-10(12(20)21)15-16-18/h1-3,6-7H,4-5H2,(H,20,21). The van der Waals surface area contributed by atoms with Crippen LogP contribution >= 0.6 is 11.6 Å². The first-order valence-electron chi connectivity index (χ1n) is 6.10. The second-order valence-electron chi connectivity index (χ2n) is 4.61. The normalized spacial score (nSPS) is 14.8. The third-order valence-electron chi connectivity index (χ3n) is 3.25. The van der Waals surface area contributed by atoms with Crippen molar-refractivity contribution in [2.75, 3.05) is 13.1 Å². The summed E-state index contributed by atoms with van der Waals surface area (Å²) in [6.07, 6.45) is 4.29. The van der Waals surface area contributed by atoms with Gasteiger partial charge in [-0.25, -0.2) is 9.48 Å². The first-order chi connectivity index (χ1) is 10.1. The molecule has 21 heavy (non-hydrogen) atoms. The van der Waals surface area contributed by atoms with Crippen molar-refractivity contribution in [3.63, 3.8) is 0 Å². The SMILES string of the molecule is O=C(O)c1cn(C2CN(C(=O)c3cnccc3Cl)C2)nn1. The molecule has 1 amide bonds. The summed E-state index contributed by atoms with van der Waals surface area (Å²) in [6.45, 7) is 0.846. The Morgan fingerprint density at radius 2 is 2.14 bits per heavy atom. The van der Waals surface area contributed by atoms with Gasteiger partial charge in [-0.15, -0.1) is 5.10 Å². The first kappa shape index (κ1) is 13.5. The van der Waals surface area contributed by atoms with Crippen LogP contribution in [0.1, 0.15) is 26.9 Å². The summed E-state index contributed by atoms with van der Waals surface area (Å²) < 4.78 is 1.46. The van der Waals surface area contributed by atoms with Gasteiger partial charge in [0.25, 0.3) is 5.91 Å². The van der Waals surface area contributed by atoms with Crippen LogP contribution < -0.4 is 0 Å². The zero-order chi connectivity index (χ0) is 15.0. The molecule has 0 atom stereocenters. The minimum absolute atomic E-state index is 0.0787. The lowest BCUT2D eigenvalue weighted by atomic mass is 10.1. The fourth-order valence-electron chi connectivity index (χ4n) is 2.05. The monoisotopic (exact) mass is 307 g/mol. The highest BCUT2D eigenvalue weighted by atomic mass is 35.5. The second-order valence-corrected chi connectivity index (χ2v) is 5.02. The Morgan fingerprint density at radius 1 is 1.38 bits per heavy atom. The highest BCUT2D eigenvalue weighted by Crippen LogP contribution is 2.24. The van der Waals surface area contributed by atoms with E-state index in [2.05, 4.69) is 15.3 Å². The van der Waals surface area contributed by atoms with Gasteiger partial charge in [-0.3, -0.25) is 9.78 Å². The third kappa shape index (κ3) is 2.45. The van der Waals surface area contributed by atoms with Crippen molar-refractivity contribution in [3.05, 3.63) is 40.9 Å². The van der Waals surface area contributed by atoms with Crippen molar-refractivity contribution in [2.45, 2.75) is 6.04 Å². The molecule has 108 valence electrons. The molecule has 0 bridgehead atoms. The van der Waals surface area contributed by atoms with E-state index < -0.39 is 5.97 Å². The number of likely N-dealkylation sites (tertiary alicyclic amines) is 1. The number of aromatic carboxylic acids is 1. The third-order valence-corrected chi connectivity index (χ3v) is 3.58. The molecule has 0 unspecified atom stereocenters. The number of carboxylic acid groups (broad SMARTS) is 1. The van der Waals surface area contributed by atoms with Gasteiger partial charge in [0, 0.05) is 25.5 Å². The van der Waals surface area contributed by atoms with Gasteiger partial charge in [0.15, 0.2) is 5.69 Å². The lowest BCUT2D eigenvalue weighted by molar-refractivity contribution is 0.0497. The Morgan fingerprint density at radius 3 is 2.76 bits per heavy atom. The Kier molecular flexibility index (Phi) is 3.30. The van der Waals surface area contributed by atoms with Crippen LogP contribution in [0.5, 0.6) is 0 Å². The zero-order valence-electron chi connectivity index (χ0n) is 10.7. The molecule has 2 aromatic rings. The first-order valence-corrected chi connectivity index (χ1v) is 6.48. The van der Waals surface area contributed by atoms with Gasteiger partial charge < -0.3 is 10.0 Å². The molecule has 1 saturated heterocycles. The second kappa shape index (κ2) is 5.13. The van der Waals surface area contributed by atoms with Gasteiger partial charge in [0.1, 0.15) is 0 Å². The molecular formula is C12H10ClN5O3. The van der Waals surface area contributed by atoms with Crippen LogP contribution in [0.4, 0.5) is 0 Å². The fourth-order valence-corrected chi connectivity index (χ4v) is 2.23. The summed E-state index contributed by atoms with van der Waals surface area (Å²) in [6, 6.07) is 1.48. The molecule has 1 fully saturated rings. The van der Waals surface area contributed by atoms with Gasteiger partial charge in [-0.2, -0.15) is 0 Å². The van der Waals surface area contributed by atoms with Gasteiger partial charge in [0.05, 0.1) is 22.8 Å². The van der Waals surface area contributed by atoms with Crippen LogP contribution in [0.25, 0.3) is 0 Å². The average molecular weight is 308 g/mol. The lowest BCUT2D eigenvalue weighted by Crippen LogP contribution is -2.51. The highest BCUT2D eigenvalue weighted by molar-refractivity contribution is 6.33. The van der Waals surface area contributed by atoms with E-state index in [0.29, 0.717) is 23.7 Å². The van der Waals surface area contributed by atoms with E-state index >= 15 is 0 Å². The van der Waals surface area contributed by atoms with E-state index in [-0.39, 0.29) is 17.6 Å². The van der Waals surface area contributed by atoms with Gasteiger partial charge in [-0.1, -0.05) is 16.8 Å². The number of aromatic nitrogens is 4. The summed E-state index contributed by atoms with van der Waals surface area (Å²) in [5.74, 6) is -1.33. The predicted molar refractivity (Wildman–Crippen MR) is 71.2 cm³/mol. The van der Waals surface area contributed by atoms with Crippen molar-refractivity contribution < 1.29 is 14.7 Å². The molecule has 0 spiro atoms. The Hall–Kier alpha value is -2.48.